The van der Waals surface area contributed by atoms with E-state index in [-0.39, 0.29) is 24.3 Å². The minimum Gasteiger partial charge on any atom is -0.383 e. The molecule has 1 unspecified atom stereocenters. The number of alkyl halides is 1. The van der Waals surface area contributed by atoms with E-state index in [1.165, 1.54) is 18.5 Å². The van der Waals surface area contributed by atoms with Crippen LogP contribution in [0.1, 0.15) is 6.92 Å². The molecule has 0 radical (unpaired) electrons. The van der Waals surface area contributed by atoms with Crippen molar-refractivity contribution in [1.29, 1.82) is 0 Å². The summed E-state index contributed by atoms with van der Waals surface area (Å²) in [4.78, 5) is 0. The van der Waals surface area contributed by atoms with Gasteiger partial charge in [-0.15, -0.1) is 11.6 Å². The molecule has 0 fully saturated rings. The van der Waals surface area contributed by atoms with Crippen LogP contribution in [0.4, 0.5) is 0 Å². The highest BCUT2D eigenvalue weighted by molar-refractivity contribution is 7.89. The Morgan fingerprint density at radius 2 is 2.06 bits per heavy atom. The molecular weight excluding hydrogens is 254 g/mol. The first-order valence-corrected chi connectivity index (χ1v) is 7.13. The molecule has 0 bridgehead atoms. The van der Waals surface area contributed by atoms with Gasteiger partial charge in [0, 0.05) is 27.3 Å². The summed E-state index contributed by atoms with van der Waals surface area (Å²) in [5.41, 5.74) is 0. The molecule has 0 rings (SSSR count). The van der Waals surface area contributed by atoms with Crippen LogP contribution in [-0.2, 0) is 19.5 Å². The Balaban J connectivity index is 4.08. The Morgan fingerprint density at radius 1 is 1.44 bits per heavy atom. The van der Waals surface area contributed by atoms with Crippen LogP contribution >= 0.6 is 11.6 Å². The summed E-state index contributed by atoms with van der Waals surface area (Å²) in [7, 11) is -0.245. The highest BCUT2D eigenvalue weighted by atomic mass is 35.5. The van der Waals surface area contributed by atoms with Crippen molar-refractivity contribution in [3.8, 4) is 0 Å². The second-order valence-corrected chi connectivity index (χ2v) is 6.16. The van der Waals surface area contributed by atoms with Gasteiger partial charge >= 0.3 is 0 Å². The van der Waals surface area contributed by atoms with Crippen LogP contribution < -0.4 is 0 Å². The fourth-order valence-corrected chi connectivity index (χ4v) is 2.55. The summed E-state index contributed by atoms with van der Waals surface area (Å²) in [5, 5.41) is -0.336. The van der Waals surface area contributed by atoms with Crippen LogP contribution in [0.25, 0.3) is 0 Å². The Bertz CT molecular complexity index is 271. The van der Waals surface area contributed by atoms with Gasteiger partial charge in [-0.05, 0) is 6.92 Å². The maximum Gasteiger partial charge on any atom is 0.216 e. The van der Waals surface area contributed by atoms with Crippen LogP contribution in [0, 0.1) is 0 Å². The first-order valence-electron chi connectivity index (χ1n) is 5.08. The number of methoxy groups -OCH3 is 1. The van der Waals surface area contributed by atoms with E-state index in [9.17, 15) is 8.42 Å². The molecule has 16 heavy (non-hydrogen) atoms. The highest BCUT2D eigenvalue weighted by Crippen LogP contribution is 2.04. The molecule has 0 aliphatic rings. The van der Waals surface area contributed by atoms with Crippen LogP contribution in [0.5, 0.6) is 0 Å². The molecule has 0 N–H and O–H groups in total. The van der Waals surface area contributed by atoms with Gasteiger partial charge in [-0.25, -0.2) is 12.7 Å². The summed E-state index contributed by atoms with van der Waals surface area (Å²) in [6.45, 7) is 3.11. The number of nitrogens with zero attached hydrogens (tertiary/aromatic N) is 1. The maximum absolute atomic E-state index is 11.7. The number of rotatable bonds is 9. The topological polar surface area (TPSA) is 55.8 Å². The summed E-state index contributed by atoms with van der Waals surface area (Å²) >= 11 is 5.88. The average molecular weight is 274 g/mol. The second kappa shape index (κ2) is 8.25. The molecule has 0 spiro atoms. The predicted octanol–water partition coefficient (Wildman–Crippen LogP) is 0.538. The third-order valence-corrected chi connectivity index (χ3v) is 4.01. The summed E-state index contributed by atoms with van der Waals surface area (Å²) < 4.78 is 34.5. The van der Waals surface area contributed by atoms with E-state index in [0.29, 0.717) is 13.2 Å². The van der Waals surface area contributed by atoms with Crippen LogP contribution in [0.15, 0.2) is 0 Å². The molecule has 7 heteroatoms. The summed E-state index contributed by atoms with van der Waals surface area (Å²) in [6, 6.07) is 0. The lowest BCUT2D eigenvalue weighted by molar-refractivity contribution is 0.162. The zero-order chi connectivity index (χ0) is 12.6. The van der Waals surface area contributed by atoms with E-state index < -0.39 is 10.0 Å². The van der Waals surface area contributed by atoms with Gasteiger partial charge in [0.1, 0.15) is 0 Å². The molecular formula is C9H20ClNO4S. The molecule has 0 heterocycles. The van der Waals surface area contributed by atoms with Gasteiger partial charge < -0.3 is 9.47 Å². The predicted molar refractivity (Wildman–Crippen MR) is 64.4 cm³/mol. The van der Waals surface area contributed by atoms with Gasteiger partial charge in [0.2, 0.25) is 10.0 Å². The Labute approximate surface area is 103 Å². The number of hydrogen-bond donors (Lipinski definition) is 0. The molecule has 98 valence electrons. The average Bonchev–Trinajstić information content (AvgIpc) is 2.18. The molecule has 0 saturated carbocycles. The Hall–Kier alpha value is 0.120. The highest BCUT2D eigenvalue weighted by Gasteiger charge is 2.20. The van der Waals surface area contributed by atoms with E-state index in [2.05, 4.69) is 0 Å². The van der Waals surface area contributed by atoms with Crippen LogP contribution in [-0.4, -0.2) is 64.4 Å². The molecule has 0 aromatic rings. The lowest BCUT2D eigenvalue weighted by Crippen LogP contribution is -2.36. The van der Waals surface area contributed by atoms with Crippen molar-refractivity contribution in [3.05, 3.63) is 0 Å². The van der Waals surface area contributed by atoms with Crippen molar-refractivity contribution < 1.29 is 17.9 Å². The fourth-order valence-electron chi connectivity index (χ4n) is 1.09. The van der Waals surface area contributed by atoms with Gasteiger partial charge in [0.05, 0.1) is 24.3 Å². The first-order chi connectivity index (χ1) is 7.44. The molecule has 0 aliphatic carbocycles. The number of halogens is 1. The van der Waals surface area contributed by atoms with E-state index in [1.54, 1.807) is 0 Å². The lowest BCUT2D eigenvalue weighted by atomic mass is 10.4. The minimum atomic E-state index is -3.28. The fraction of sp³-hybridized carbons (Fsp3) is 1.00. The monoisotopic (exact) mass is 273 g/mol. The van der Waals surface area contributed by atoms with Crippen LogP contribution in [0.2, 0.25) is 0 Å². The molecule has 0 aliphatic heterocycles. The smallest absolute Gasteiger partial charge is 0.216 e. The van der Waals surface area contributed by atoms with Crippen molar-refractivity contribution >= 4 is 21.6 Å². The van der Waals surface area contributed by atoms with E-state index in [0.717, 1.165) is 0 Å². The van der Waals surface area contributed by atoms with Gasteiger partial charge in [0.15, 0.2) is 0 Å². The van der Waals surface area contributed by atoms with Gasteiger partial charge in [0.25, 0.3) is 0 Å². The SMILES string of the molecule is CCOCCS(=O)(=O)N(C)CC(Cl)COC. The molecule has 0 saturated heterocycles. The standard InChI is InChI=1S/C9H20ClNO4S/c1-4-15-5-6-16(12,13)11(2)7-9(10)8-14-3/h9H,4-8H2,1-3H3. The number of ether oxygens (including phenoxy) is 2. The maximum atomic E-state index is 11.7. The zero-order valence-electron chi connectivity index (χ0n) is 9.98. The molecule has 5 nitrogen and oxygen atoms in total. The molecule has 1 atom stereocenters. The van der Waals surface area contributed by atoms with Crippen molar-refractivity contribution in [3.63, 3.8) is 0 Å². The summed E-state index contributed by atoms with van der Waals surface area (Å²) in [6.07, 6.45) is 0. The van der Waals surface area contributed by atoms with Crippen molar-refractivity contribution in [2.45, 2.75) is 12.3 Å². The molecule has 0 aromatic heterocycles. The third-order valence-electron chi connectivity index (χ3n) is 1.97. The minimum absolute atomic E-state index is 0.0199. The quantitative estimate of drug-likeness (QED) is 0.454. The van der Waals surface area contributed by atoms with Gasteiger partial charge in [-0.2, -0.15) is 0 Å². The van der Waals surface area contributed by atoms with Gasteiger partial charge in [-0.1, -0.05) is 0 Å². The van der Waals surface area contributed by atoms with Crippen molar-refractivity contribution in [1.82, 2.24) is 4.31 Å². The van der Waals surface area contributed by atoms with Gasteiger partial charge in [-0.3, -0.25) is 0 Å². The van der Waals surface area contributed by atoms with E-state index in [1.807, 2.05) is 6.92 Å². The van der Waals surface area contributed by atoms with Crippen molar-refractivity contribution in [2.75, 3.05) is 46.3 Å². The number of hydrogen-bond acceptors (Lipinski definition) is 4. The number of sulfonamides is 1. The van der Waals surface area contributed by atoms with Crippen molar-refractivity contribution in [2.24, 2.45) is 0 Å². The lowest BCUT2D eigenvalue weighted by Gasteiger charge is -2.19. The largest absolute Gasteiger partial charge is 0.383 e. The van der Waals surface area contributed by atoms with E-state index in [4.69, 9.17) is 21.1 Å². The molecule has 0 aromatic carbocycles. The Morgan fingerprint density at radius 3 is 2.56 bits per heavy atom. The third kappa shape index (κ3) is 6.65. The molecule has 0 amide bonds. The first kappa shape index (κ1) is 16.1. The second-order valence-electron chi connectivity index (χ2n) is 3.35. The van der Waals surface area contributed by atoms with E-state index >= 15 is 0 Å². The Kier molecular flexibility index (Phi) is 8.31. The normalized spacial score (nSPS) is 14.3. The summed E-state index contributed by atoms with van der Waals surface area (Å²) in [5.74, 6) is -0.0199. The zero-order valence-corrected chi connectivity index (χ0v) is 11.6. The van der Waals surface area contributed by atoms with Crippen LogP contribution in [0.3, 0.4) is 0 Å².